The first-order valence-corrected chi connectivity index (χ1v) is 21.9. The quantitative estimate of drug-likeness (QED) is 0.168. The van der Waals surface area contributed by atoms with Gasteiger partial charge in [-0.1, -0.05) is 170 Å². The molecule has 0 saturated carbocycles. The fourth-order valence-electron chi connectivity index (χ4n) is 9.40. The van der Waals surface area contributed by atoms with E-state index in [-0.39, 0.29) is 0 Å². The van der Waals surface area contributed by atoms with Crippen molar-refractivity contribution in [3.05, 3.63) is 206 Å². The molecule has 6 heteroatoms. The second-order valence-electron chi connectivity index (χ2n) is 15.9. The molecule has 63 heavy (non-hydrogen) atoms. The van der Waals surface area contributed by atoms with Crippen LogP contribution >= 0.6 is 11.3 Å². The molecule has 5 nitrogen and oxygen atoms in total. The molecule has 4 heterocycles. The first-order valence-electron chi connectivity index (χ1n) is 21.1. The normalized spacial score (nSPS) is 11.8. The minimum Gasteiger partial charge on any atom is -0.456 e. The Morgan fingerprint density at radius 2 is 1.00 bits per heavy atom. The summed E-state index contributed by atoms with van der Waals surface area (Å²) in [5, 5.41) is 6.84. The number of thiophene rings is 1. The van der Waals surface area contributed by atoms with Gasteiger partial charge in [-0.2, -0.15) is 0 Å². The van der Waals surface area contributed by atoms with Crippen LogP contribution in [0.1, 0.15) is 0 Å². The second kappa shape index (κ2) is 14.2. The van der Waals surface area contributed by atoms with Gasteiger partial charge in [-0.15, -0.1) is 11.3 Å². The van der Waals surface area contributed by atoms with Crippen LogP contribution < -0.4 is 0 Å². The van der Waals surface area contributed by atoms with E-state index in [0.29, 0.717) is 17.5 Å². The van der Waals surface area contributed by atoms with Crippen molar-refractivity contribution < 1.29 is 4.42 Å². The molecule has 9 aromatic carbocycles. The lowest BCUT2D eigenvalue weighted by Gasteiger charge is -2.12. The van der Waals surface area contributed by atoms with Gasteiger partial charge in [0, 0.05) is 69.7 Å². The molecule has 0 aliphatic carbocycles. The van der Waals surface area contributed by atoms with Gasteiger partial charge >= 0.3 is 0 Å². The summed E-state index contributed by atoms with van der Waals surface area (Å²) in [6, 6.07) is 72.6. The predicted molar refractivity (Wildman–Crippen MR) is 262 cm³/mol. The molecule has 0 aliphatic heterocycles. The van der Waals surface area contributed by atoms with Crippen molar-refractivity contribution in [1.82, 2.24) is 19.5 Å². The molecule has 0 saturated heterocycles. The Morgan fingerprint density at radius 3 is 1.79 bits per heavy atom. The van der Waals surface area contributed by atoms with Crippen LogP contribution in [0.15, 0.2) is 211 Å². The topological polar surface area (TPSA) is 56.7 Å². The third kappa shape index (κ3) is 5.73. The van der Waals surface area contributed by atoms with Crippen molar-refractivity contribution in [3.63, 3.8) is 0 Å². The van der Waals surface area contributed by atoms with Crippen LogP contribution in [0.4, 0.5) is 0 Å². The highest BCUT2D eigenvalue weighted by Gasteiger charge is 2.21. The van der Waals surface area contributed by atoms with Crippen LogP contribution in [0.5, 0.6) is 0 Å². The van der Waals surface area contributed by atoms with E-state index in [4.69, 9.17) is 19.4 Å². The largest absolute Gasteiger partial charge is 0.456 e. The molecule has 294 valence electrons. The van der Waals surface area contributed by atoms with E-state index in [1.54, 1.807) is 0 Å². The Bertz CT molecular complexity index is 3910. The molecule has 0 aliphatic rings. The van der Waals surface area contributed by atoms with Gasteiger partial charge in [0.2, 0.25) is 0 Å². The molecule has 0 amide bonds. The maximum atomic E-state index is 6.62. The van der Waals surface area contributed by atoms with E-state index in [9.17, 15) is 0 Å². The maximum Gasteiger partial charge on any atom is 0.164 e. The first-order chi connectivity index (χ1) is 31.2. The maximum absolute atomic E-state index is 6.62. The van der Waals surface area contributed by atoms with Crippen molar-refractivity contribution in [1.29, 1.82) is 0 Å². The van der Waals surface area contributed by atoms with Crippen LogP contribution in [0.2, 0.25) is 0 Å². The molecular formula is C57H34N4OS. The second-order valence-corrected chi connectivity index (χ2v) is 17.0. The summed E-state index contributed by atoms with van der Waals surface area (Å²) in [7, 11) is 0. The molecule has 13 rings (SSSR count). The minimum atomic E-state index is 0.587. The molecule has 0 atom stereocenters. The Morgan fingerprint density at radius 1 is 0.381 bits per heavy atom. The monoisotopic (exact) mass is 822 g/mol. The Balaban J connectivity index is 1.01. The van der Waals surface area contributed by atoms with Gasteiger partial charge < -0.3 is 8.98 Å². The van der Waals surface area contributed by atoms with E-state index in [1.807, 2.05) is 41.7 Å². The van der Waals surface area contributed by atoms with Gasteiger partial charge in [-0.05, 0) is 53.1 Å². The Labute approximate surface area is 365 Å². The van der Waals surface area contributed by atoms with Gasteiger partial charge in [0.15, 0.2) is 17.5 Å². The highest BCUT2D eigenvalue weighted by molar-refractivity contribution is 7.26. The lowest BCUT2D eigenvalue weighted by molar-refractivity contribution is 0.669. The van der Waals surface area contributed by atoms with Crippen molar-refractivity contribution in [3.8, 4) is 62.1 Å². The summed E-state index contributed by atoms with van der Waals surface area (Å²) in [5.41, 5.74) is 12.5. The van der Waals surface area contributed by atoms with Crippen LogP contribution in [-0.4, -0.2) is 19.5 Å². The number of aromatic nitrogens is 4. The van der Waals surface area contributed by atoms with Gasteiger partial charge in [-0.25, -0.2) is 15.0 Å². The number of nitrogens with zero attached hydrogens (tertiary/aromatic N) is 4. The third-order valence-electron chi connectivity index (χ3n) is 12.3. The van der Waals surface area contributed by atoms with Gasteiger partial charge in [0.1, 0.15) is 11.2 Å². The highest BCUT2D eigenvalue weighted by atomic mass is 32.1. The van der Waals surface area contributed by atoms with E-state index < -0.39 is 0 Å². The fourth-order valence-corrected chi connectivity index (χ4v) is 10.7. The van der Waals surface area contributed by atoms with Gasteiger partial charge in [0.05, 0.1) is 11.0 Å². The third-order valence-corrected chi connectivity index (χ3v) is 13.5. The lowest BCUT2D eigenvalue weighted by atomic mass is 10.0. The van der Waals surface area contributed by atoms with Gasteiger partial charge in [0.25, 0.3) is 0 Å². The lowest BCUT2D eigenvalue weighted by Crippen LogP contribution is -2.00. The summed E-state index contributed by atoms with van der Waals surface area (Å²) in [6.07, 6.45) is 0. The zero-order valence-corrected chi connectivity index (χ0v) is 34.6. The van der Waals surface area contributed by atoms with Crippen LogP contribution in [0.3, 0.4) is 0 Å². The van der Waals surface area contributed by atoms with Crippen molar-refractivity contribution >= 4 is 75.3 Å². The van der Waals surface area contributed by atoms with Crippen molar-refractivity contribution in [2.24, 2.45) is 0 Å². The summed E-state index contributed by atoms with van der Waals surface area (Å²) in [5.74, 6) is 1.82. The van der Waals surface area contributed by atoms with Crippen LogP contribution in [-0.2, 0) is 0 Å². The van der Waals surface area contributed by atoms with Crippen LogP contribution in [0.25, 0.3) is 126 Å². The summed E-state index contributed by atoms with van der Waals surface area (Å²) in [6.45, 7) is 0. The average Bonchev–Trinajstić information content (AvgIpc) is 4.04. The zero-order chi connectivity index (χ0) is 41.4. The van der Waals surface area contributed by atoms with E-state index in [1.165, 1.54) is 58.7 Å². The molecular weight excluding hydrogens is 789 g/mol. The molecule has 0 bridgehead atoms. The summed E-state index contributed by atoms with van der Waals surface area (Å²) < 4.78 is 11.5. The van der Waals surface area contributed by atoms with E-state index in [2.05, 4.69) is 180 Å². The standard InChI is InChI=1S/C57H34N4OS/c1-4-15-35(16-5-1)40-22-12-24-44-42-21-10-11-27-48(42)61(53(40)44)39-30-32-49-47(34-39)52-46(26-14-28-50(52)62-49)57-59-55(37-19-8-3-9-20-37)58-56(60-57)38-29-31-43-45-25-13-23-41(36-17-6-2-7-18-36)54(45)63-51(43)33-38/h1-34H. The van der Waals surface area contributed by atoms with Crippen molar-refractivity contribution in [2.45, 2.75) is 0 Å². The Kier molecular flexibility index (Phi) is 8.01. The first kappa shape index (κ1) is 35.6. The SMILES string of the molecule is c1ccc(-c2nc(-c3ccc4c(c3)sc3c(-c5ccccc5)cccc34)nc(-c3cccc4oc5ccc(-n6c7ccccc7c7cccc(-c8ccccc8)c76)cc5c34)n2)cc1. The summed E-state index contributed by atoms with van der Waals surface area (Å²) in [4.78, 5) is 15.7. The highest BCUT2D eigenvalue weighted by Crippen LogP contribution is 2.43. The number of fused-ring (bicyclic) bond motifs is 9. The molecule has 0 N–H and O–H groups in total. The molecule has 0 fully saturated rings. The smallest absolute Gasteiger partial charge is 0.164 e. The number of benzene rings is 9. The van der Waals surface area contributed by atoms with E-state index >= 15 is 0 Å². The molecule has 0 radical (unpaired) electrons. The van der Waals surface area contributed by atoms with Crippen molar-refractivity contribution in [2.75, 3.05) is 0 Å². The molecule has 0 spiro atoms. The van der Waals surface area contributed by atoms with Gasteiger partial charge in [-0.3, -0.25) is 0 Å². The average molecular weight is 823 g/mol. The predicted octanol–water partition coefficient (Wildman–Crippen LogP) is 15.6. The number of para-hydroxylation sites is 2. The number of hydrogen-bond donors (Lipinski definition) is 0. The number of furan rings is 1. The Hall–Kier alpha value is -8.19. The van der Waals surface area contributed by atoms with E-state index in [0.717, 1.165) is 49.8 Å². The summed E-state index contributed by atoms with van der Waals surface area (Å²) >= 11 is 1.81. The molecule has 13 aromatic rings. The molecule has 4 aromatic heterocycles. The molecule has 0 unspecified atom stereocenters. The fraction of sp³-hybridized carbons (Fsp3) is 0. The minimum absolute atomic E-state index is 0.587. The van der Waals surface area contributed by atoms with Crippen LogP contribution in [0, 0.1) is 0 Å². The number of hydrogen-bond acceptors (Lipinski definition) is 5. The zero-order valence-electron chi connectivity index (χ0n) is 33.7. The number of rotatable bonds is 6.